The van der Waals surface area contributed by atoms with Crippen molar-refractivity contribution in [2.75, 3.05) is 14.2 Å². The maximum atomic E-state index is 12.5. The number of hydrogen-bond acceptors (Lipinski definition) is 4. The van der Waals surface area contributed by atoms with E-state index in [9.17, 15) is 4.79 Å². The largest absolute Gasteiger partial charge is 0.493 e. The highest BCUT2D eigenvalue weighted by molar-refractivity contribution is 5.81. The van der Waals surface area contributed by atoms with E-state index >= 15 is 0 Å². The van der Waals surface area contributed by atoms with Crippen molar-refractivity contribution >= 4 is 11.6 Å². The van der Waals surface area contributed by atoms with Crippen molar-refractivity contribution in [3.8, 4) is 11.5 Å². The zero-order valence-electron chi connectivity index (χ0n) is 16.3. The smallest absolute Gasteiger partial charge is 0.241 e. The van der Waals surface area contributed by atoms with Crippen molar-refractivity contribution in [1.29, 1.82) is 0 Å². The average molecular weight is 366 g/mol. The second-order valence-electron chi connectivity index (χ2n) is 6.42. The van der Waals surface area contributed by atoms with E-state index in [2.05, 4.69) is 42.7 Å². The van der Waals surface area contributed by atoms with Gasteiger partial charge in [0.15, 0.2) is 11.5 Å². The van der Waals surface area contributed by atoms with Gasteiger partial charge in [-0.2, -0.15) is 0 Å². The number of nitrogens with one attached hydrogen (secondary N) is 1. The molecule has 2 aromatic carbocycles. The Morgan fingerprint density at radius 3 is 2.33 bits per heavy atom. The van der Waals surface area contributed by atoms with Crippen LogP contribution in [-0.4, -0.2) is 25.1 Å². The molecule has 1 N–H and O–H groups in total. The first-order chi connectivity index (χ1) is 13.1. The molecule has 0 spiro atoms. The molecule has 5 nitrogen and oxygen atoms in total. The lowest BCUT2D eigenvalue weighted by molar-refractivity contribution is -0.134. The Balaban J connectivity index is 1.97. The Hall–Kier alpha value is -2.95. The summed E-state index contributed by atoms with van der Waals surface area (Å²) in [7, 11) is 3.23. The van der Waals surface area contributed by atoms with Crippen LogP contribution in [0.5, 0.6) is 11.5 Å². The standard InChI is InChI=1S/C22H26N2O3/c1-5-15-7-9-16(10-8-15)19-14-18(23-24(19)22(25)6-2)17-11-12-20(26-3)21(13-17)27-4/h7-14,19,23H,5-6H2,1-4H3/t19-/m1/s1. The van der Waals surface area contributed by atoms with Crippen molar-refractivity contribution < 1.29 is 14.3 Å². The number of carbonyl (C=O) groups is 1. The SMILES string of the molecule is CCC(=O)N1NC(c2ccc(OC)c(OC)c2)=C[C@@H]1c1ccc(CC)cc1. The first-order valence-electron chi connectivity index (χ1n) is 9.23. The second kappa shape index (κ2) is 8.16. The zero-order chi connectivity index (χ0) is 19.4. The predicted molar refractivity (Wildman–Crippen MR) is 106 cm³/mol. The molecule has 1 aliphatic rings. The number of hydrazine groups is 1. The van der Waals surface area contributed by atoms with Crippen LogP contribution in [0.4, 0.5) is 0 Å². The van der Waals surface area contributed by atoms with Gasteiger partial charge in [-0.3, -0.25) is 10.2 Å². The van der Waals surface area contributed by atoms with E-state index in [1.807, 2.05) is 25.1 Å². The van der Waals surface area contributed by atoms with Crippen LogP contribution in [0.1, 0.15) is 43.0 Å². The minimum Gasteiger partial charge on any atom is -0.493 e. The molecule has 0 unspecified atom stereocenters. The van der Waals surface area contributed by atoms with Gasteiger partial charge in [-0.1, -0.05) is 38.1 Å². The van der Waals surface area contributed by atoms with Gasteiger partial charge in [0.25, 0.3) is 0 Å². The fraction of sp³-hybridized carbons (Fsp3) is 0.318. The summed E-state index contributed by atoms with van der Waals surface area (Å²) in [6, 6.07) is 14.0. The number of nitrogens with zero attached hydrogens (tertiary/aromatic N) is 1. The van der Waals surface area contributed by atoms with Crippen molar-refractivity contribution in [3.63, 3.8) is 0 Å². The number of methoxy groups -OCH3 is 2. The molecule has 2 aromatic rings. The van der Waals surface area contributed by atoms with E-state index in [4.69, 9.17) is 9.47 Å². The fourth-order valence-corrected chi connectivity index (χ4v) is 3.22. The van der Waals surface area contributed by atoms with Gasteiger partial charge < -0.3 is 9.47 Å². The van der Waals surface area contributed by atoms with Crippen LogP contribution in [0.15, 0.2) is 48.5 Å². The quantitative estimate of drug-likeness (QED) is 0.836. The molecule has 142 valence electrons. The highest BCUT2D eigenvalue weighted by Crippen LogP contribution is 2.35. The minimum absolute atomic E-state index is 0.0475. The third kappa shape index (κ3) is 3.77. The van der Waals surface area contributed by atoms with Crippen LogP contribution in [0, 0.1) is 0 Å². The van der Waals surface area contributed by atoms with E-state index in [1.165, 1.54) is 5.56 Å². The van der Waals surface area contributed by atoms with Crippen LogP contribution >= 0.6 is 0 Å². The summed E-state index contributed by atoms with van der Waals surface area (Å²) in [5.74, 6) is 1.38. The summed E-state index contributed by atoms with van der Waals surface area (Å²) in [5, 5.41) is 1.70. The molecular formula is C22H26N2O3. The predicted octanol–water partition coefficient (Wildman–Crippen LogP) is 4.11. The van der Waals surface area contributed by atoms with Crippen LogP contribution in [-0.2, 0) is 11.2 Å². The molecule has 0 saturated carbocycles. The molecule has 1 aliphatic heterocycles. The van der Waals surface area contributed by atoms with E-state index in [1.54, 1.807) is 19.2 Å². The third-order valence-corrected chi connectivity index (χ3v) is 4.84. The number of hydrogen-bond donors (Lipinski definition) is 1. The zero-order valence-corrected chi connectivity index (χ0v) is 16.3. The molecule has 5 heteroatoms. The number of amides is 1. The molecule has 0 radical (unpaired) electrons. The lowest BCUT2D eigenvalue weighted by Gasteiger charge is -2.25. The van der Waals surface area contributed by atoms with Gasteiger partial charge >= 0.3 is 0 Å². The van der Waals surface area contributed by atoms with E-state index < -0.39 is 0 Å². The van der Waals surface area contributed by atoms with Crippen molar-refractivity contribution in [1.82, 2.24) is 10.4 Å². The maximum absolute atomic E-state index is 12.5. The number of rotatable bonds is 6. The Labute approximate surface area is 160 Å². The van der Waals surface area contributed by atoms with E-state index in [0.29, 0.717) is 17.9 Å². The molecule has 3 rings (SSSR count). The minimum atomic E-state index is -0.147. The van der Waals surface area contributed by atoms with Crippen LogP contribution in [0.25, 0.3) is 5.70 Å². The van der Waals surface area contributed by atoms with Gasteiger partial charge in [0.05, 0.1) is 26.0 Å². The van der Waals surface area contributed by atoms with Gasteiger partial charge in [-0.15, -0.1) is 0 Å². The number of aryl methyl sites for hydroxylation is 1. The third-order valence-electron chi connectivity index (χ3n) is 4.84. The molecular weight excluding hydrogens is 340 g/mol. The topological polar surface area (TPSA) is 50.8 Å². The Kier molecular flexibility index (Phi) is 5.69. The highest BCUT2D eigenvalue weighted by Gasteiger charge is 2.30. The average Bonchev–Trinajstić information content (AvgIpc) is 3.18. The summed E-state index contributed by atoms with van der Waals surface area (Å²) < 4.78 is 10.7. The molecule has 0 aromatic heterocycles. The molecule has 0 fully saturated rings. The molecule has 0 aliphatic carbocycles. The first kappa shape index (κ1) is 18.8. The van der Waals surface area contributed by atoms with Gasteiger partial charge in [0.1, 0.15) is 0 Å². The molecule has 0 saturated heterocycles. The van der Waals surface area contributed by atoms with Gasteiger partial charge in [0, 0.05) is 12.0 Å². The van der Waals surface area contributed by atoms with E-state index in [0.717, 1.165) is 23.2 Å². The first-order valence-corrected chi connectivity index (χ1v) is 9.23. The fourth-order valence-electron chi connectivity index (χ4n) is 3.22. The maximum Gasteiger partial charge on any atom is 0.241 e. The summed E-state index contributed by atoms with van der Waals surface area (Å²) in [5.41, 5.74) is 7.45. The Morgan fingerprint density at radius 1 is 1.04 bits per heavy atom. The summed E-state index contributed by atoms with van der Waals surface area (Å²) in [4.78, 5) is 12.5. The van der Waals surface area contributed by atoms with E-state index in [-0.39, 0.29) is 11.9 Å². The molecule has 27 heavy (non-hydrogen) atoms. The summed E-state index contributed by atoms with van der Waals surface area (Å²) >= 11 is 0. The van der Waals surface area contributed by atoms with Gasteiger partial charge in [-0.25, -0.2) is 5.01 Å². The van der Waals surface area contributed by atoms with Crippen LogP contribution < -0.4 is 14.9 Å². The number of ether oxygens (including phenoxy) is 2. The van der Waals surface area contributed by atoms with Crippen LogP contribution in [0.3, 0.4) is 0 Å². The molecule has 1 amide bonds. The lowest BCUT2D eigenvalue weighted by atomic mass is 10.0. The second-order valence-corrected chi connectivity index (χ2v) is 6.42. The summed E-state index contributed by atoms with van der Waals surface area (Å²) in [6.45, 7) is 4.00. The highest BCUT2D eigenvalue weighted by atomic mass is 16.5. The molecule has 1 atom stereocenters. The monoisotopic (exact) mass is 366 g/mol. The Morgan fingerprint density at radius 2 is 1.74 bits per heavy atom. The normalized spacial score (nSPS) is 15.9. The van der Waals surface area contributed by atoms with Crippen molar-refractivity contribution in [2.45, 2.75) is 32.7 Å². The molecule has 1 heterocycles. The summed E-state index contributed by atoms with van der Waals surface area (Å²) in [6.07, 6.45) is 3.51. The number of benzene rings is 2. The van der Waals surface area contributed by atoms with Gasteiger partial charge in [0.2, 0.25) is 5.91 Å². The Bertz CT molecular complexity index is 843. The van der Waals surface area contributed by atoms with Crippen molar-refractivity contribution in [2.24, 2.45) is 0 Å². The number of carbonyl (C=O) groups excluding carboxylic acids is 1. The lowest BCUT2D eigenvalue weighted by Crippen LogP contribution is -2.39. The van der Waals surface area contributed by atoms with Gasteiger partial charge in [-0.05, 0) is 41.8 Å². The van der Waals surface area contributed by atoms with Crippen LogP contribution in [0.2, 0.25) is 0 Å². The molecule has 0 bridgehead atoms. The van der Waals surface area contributed by atoms with Crippen molar-refractivity contribution in [3.05, 3.63) is 65.2 Å².